The van der Waals surface area contributed by atoms with E-state index in [0.29, 0.717) is 0 Å². The van der Waals surface area contributed by atoms with Gasteiger partial charge in [0, 0.05) is 14.6 Å². The molecule has 0 bridgehead atoms. The van der Waals surface area contributed by atoms with Gasteiger partial charge in [0.15, 0.2) is 0 Å². The van der Waals surface area contributed by atoms with Gasteiger partial charge in [0.05, 0.1) is 5.92 Å². The number of rotatable bonds is 3. The monoisotopic (exact) mass is 329 g/mol. The number of thioether (sulfide) groups is 1. The molecule has 0 radical (unpaired) electrons. The summed E-state index contributed by atoms with van der Waals surface area (Å²) in [6.07, 6.45) is 4.11. The summed E-state index contributed by atoms with van der Waals surface area (Å²) >= 11 is 5.14. The van der Waals surface area contributed by atoms with Crippen LogP contribution in [0.15, 0.2) is 33.6 Å². The number of halogens is 1. The number of nitrogens with one attached hydrogen (secondary N) is 1. The standard InChI is InChI=1S/C13H16BrNO2S/c14-9-5-7-10(8-6-9)18-12-4-2-1-3-11(12)13(16)15-17/h5-8,11-12,17H,1-4H2,(H,15,16). The van der Waals surface area contributed by atoms with Gasteiger partial charge in [0.2, 0.25) is 5.91 Å². The molecular weight excluding hydrogens is 314 g/mol. The van der Waals surface area contributed by atoms with Crippen molar-refractivity contribution in [1.82, 2.24) is 5.48 Å². The van der Waals surface area contributed by atoms with E-state index in [9.17, 15) is 4.79 Å². The largest absolute Gasteiger partial charge is 0.289 e. The molecule has 1 aliphatic carbocycles. The Bertz CT molecular complexity index is 410. The van der Waals surface area contributed by atoms with Crippen molar-refractivity contribution in [2.75, 3.05) is 0 Å². The fraction of sp³-hybridized carbons (Fsp3) is 0.462. The van der Waals surface area contributed by atoms with Gasteiger partial charge in [-0.3, -0.25) is 10.0 Å². The third-order valence-corrected chi connectivity index (χ3v) is 5.19. The molecule has 2 rings (SSSR count). The van der Waals surface area contributed by atoms with Crippen molar-refractivity contribution < 1.29 is 10.0 Å². The van der Waals surface area contributed by atoms with Crippen LogP contribution in [0.4, 0.5) is 0 Å². The maximum Gasteiger partial charge on any atom is 0.247 e. The maximum atomic E-state index is 11.6. The number of amides is 1. The second-order valence-corrected chi connectivity index (χ2v) is 6.71. The average molecular weight is 330 g/mol. The molecule has 1 aromatic carbocycles. The highest BCUT2D eigenvalue weighted by molar-refractivity contribution is 9.10. The lowest BCUT2D eigenvalue weighted by Crippen LogP contribution is -2.36. The minimum Gasteiger partial charge on any atom is -0.289 e. The Morgan fingerprint density at radius 2 is 1.94 bits per heavy atom. The molecule has 5 heteroatoms. The first-order valence-electron chi connectivity index (χ1n) is 6.07. The lowest BCUT2D eigenvalue weighted by molar-refractivity contribution is -0.134. The summed E-state index contributed by atoms with van der Waals surface area (Å²) in [5.41, 5.74) is 1.80. The van der Waals surface area contributed by atoms with Crippen LogP contribution < -0.4 is 5.48 Å². The normalized spacial score (nSPS) is 23.7. The third kappa shape index (κ3) is 3.49. The molecule has 0 heterocycles. The minimum absolute atomic E-state index is 0.0857. The zero-order valence-electron chi connectivity index (χ0n) is 9.93. The molecule has 1 aromatic rings. The summed E-state index contributed by atoms with van der Waals surface area (Å²) in [6, 6.07) is 8.12. The van der Waals surface area contributed by atoms with Crippen LogP contribution in [0, 0.1) is 5.92 Å². The first kappa shape index (κ1) is 13.9. The lowest BCUT2D eigenvalue weighted by atomic mass is 9.88. The van der Waals surface area contributed by atoms with Crippen LogP contribution in [0.3, 0.4) is 0 Å². The van der Waals surface area contributed by atoms with E-state index in [1.54, 1.807) is 17.2 Å². The Kier molecular flexibility index (Phi) is 5.09. The highest BCUT2D eigenvalue weighted by Crippen LogP contribution is 2.37. The van der Waals surface area contributed by atoms with Crippen LogP contribution in [0.5, 0.6) is 0 Å². The minimum atomic E-state index is -0.246. The fourth-order valence-electron chi connectivity index (χ4n) is 2.31. The highest BCUT2D eigenvalue weighted by Gasteiger charge is 2.31. The zero-order chi connectivity index (χ0) is 13.0. The van der Waals surface area contributed by atoms with Gasteiger partial charge in [-0.2, -0.15) is 0 Å². The molecule has 1 aliphatic rings. The van der Waals surface area contributed by atoms with Crippen molar-refractivity contribution in [3.8, 4) is 0 Å². The number of hydroxylamine groups is 1. The molecule has 0 saturated heterocycles. The number of hydrogen-bond acceptors (Lipinski definition) is 3. The molecule has 0 aromatic heterocycles. The maximum absolute atomic E-state index is 11.6. The van der Waals surface area contributed by atoms with E-state index in [-0.39, 0.29) is 17.1 Å². The SMILES string of the molecule is O=C(NO)C1CCCCC1Sc1ccc(Br)cc1. The Labute approximate surface area is 119 Å². The highest BCUT2D eigenvalue weighted by atomic mass is 79.9. The molecule has 1 fully saturated rings. The van der Waals surface area contributed by atoms with Crippen LogP contribution in [-0.2, 0) is 4.79 Å². The second kappa shape index (κ2) is 6.59. The van der Waals surface area contributed by atoms with Crippen molar-refractivity contribution in [1.29, 1.82) is 0 Å². The molecule has 3 nitrogen and oxygen atoms in total. The van der Waals surface area contributed by atoms with Gasteiger partial charge in [-0.1, -0.05) is 28.8 Å². The van der Waals surface area contributed by atoms with Crippen molar-refractivity contribution >= 4 is 33.6 Å². The van der Waals surface area contributed by atoms with Gasteiger partial charge < -0.3 is 0 Å². The summed E-state index contributed by atoms with van der Waals surface area (Å²) in [5, 5.41) is 9.05. The summed E-state index contributed by atoms with van der Waals surface area (Å²) in [6.45, 7) is 0. The van der Waals surface area contributed by atoms with Crippen molar-refractivity contribution in [3.63, 3.8) is 0 Å². The quantitative estimate of drug-likeness (QED) is 0.658. The Hall–Kier alpha value is -0.520. The second-order valence-electron chi connectivity index (χ2n) is 4.48. The van der Waals surface area contributed by atoms with E-state index in [1.165, 1.54) is 4.90 Å². The van der Waals surface area contributed by atoms with Gasteiger partial charge in [-0.15, -0.1) is 11.8 Å². The predicted octanol–water partition coefficient (Wildman–Crippen LogP) is 3.61. The molecule has 98 valence electrons. The number of hydrogen-bond donors (Lipinski definition) is 2. The number of carbonyl (C=O) groups is 1. The summed E-state index contributed by atoms with van der Waals surface area (Å²) in [7, 11) is 0. The van der Waals surface area contributed by atoms with E-state index in [4.69, 9.17) is 5.21 Å². The van der Waals surface area contributed by atoms with E-state index in [1.807, 2.05) is 12.1 Å². The van der Waals surface area contributed by atoms with E-state index < -0.39 is 0 Å². The van der Waals surface area contributed by atoms with Crippen LogP contribution in [0.2, 0.25) is 0 Å². The molecule has 1 amide bonds. The van der Waals surface area contributed by atoms with E-state index >= 15 is 0 Å². The Morgan fingerprint density at radius 3 is 2.61 bits per heavy atom. The number of benzene rings is 1. The molecule has 2 N–H and O–H groups in total. The summed E-state index contributed by atoms with van der Waals surface area (Å²) < 4.78 is 1.06. The van der Waals surface area contributed by atoms with Crippen LogP contribution >= 0.6 is 27.7 Å². The van der Waals surface area contributed by atoms with Crippen molar-refractivity contribution in [3.05, 3.63) is 28.7 Å². The first-order chi connectivity index (χ1) is 8.70. The summed E-state index contributed by atoms with van der Waals surface area (Å²) in [5.74, 6) is -0.332. The van der Waals surface area contributed by atoms with Crippen LogP contribution in [0.25, 0.3) is 0 Å². The van der Waals surface area contributed by atoms with Crippen molar-refractivity contribution in [2.24, 2.45) is 5.92 Å². The van der Waals surface area contributed by atoms with Gasteiger partial charge in [-0.25, -0.2) is 5.48 Å². The third-order valence-electron chi connectivity index (χ3n) is 3.25. The smallest absolute Gasteiger partial charge is 0.247 e. The molecule has 18 heavy (non-hydrogen) atoms. The zero-order valence-corrected chi connectivity index (χ0v) is 12.3. The average Bonchev–Trinajstić information content (AvgIpc) is 2.41. The van der Waals surface area contributed by atoms with Crippen LogP contribution in [-0.4, -0.2) is 16.4 Å². The van der Waals surface area contributed by atoms with Gasteiger partial charge >= 0.3 is 0 Å². The lowest BCUT2D eigenvalue weighted by Gasteiger charge is -2.29. The molecule has 2 atom stereocenters. The van der Waals surface area contributed by atoms with Crippen molar-refractivity contribution in [2.45, 2.75) is 35.8 Å². The predicted molar refractivity (Wildman–Crippen MR) is 75.7 cm³/mol. The van der Waals surface area contributed by atoms with Gasteiger partial charge in [0.25, 0.3) is 0 Å². The van der Waals surface area contributed by atoms with Gasteiger partial charge in [0.1, 0.15) is 0 Å². The Morgan fingerprint density at radius 1 is 1.28 bits per heavy atom. The number of carbonyl (C=O) groups excluding carboxylic acids is 1. The molecule has 2 unspecified atom stereocenters. The van der Waals surface area contributed by atoms with E-state index in [2.05, 4.69) is 28.1 Å². The van der Waals surface area contributed by atoms with E-state index in [0.717, 1.165) is 30.2 Å². The Balaban J connectivity index is 2.05. The first-order valence-corrected chi connectivity index (χ1v) is 7.74. The topological polar surface area (TPSA) is 49.3 Å². The molecular formula is C13H16BrNO2S. The molecule has 0 aliphatic heterocycles. The molecule has 0 spiro atoms. The fourth-order valence-corrected chi connectivity index (χ4v) is 3.92. The summed E-state index contributed by atoms with van der Waals surface area (Å²) in [4.78, 5) is 12.8. The van der Waals surface area contributed by atoms with Gasteiger partial charge in [-0.05, 0) is 37.1 Å². The van der Waals surface area contributed by atoms with Crippen LogP contribution in [0.1, 0.15) is 25.7 Å². The molecule has 1 saturated carbocycles.